The van der Waals surface area contributed by atoms with Crippen LogP contribution in [0.25, 0.3) is 5.76 Å². The lowest BCUT2D eigenvalue weighted by Crippen LogP contribution is -2.35. The third kappa shape index (κ3) is 5.35. The molecule has 8 heteroatoms. The molecule has 2 aromatic carbocycles. The molecule has 176 valence electrons. The summed E-state index contributed by atoms with van der Waals surface area (Å²) in [5.74, 6) is -0.991. The average Bonchev–Trinajstić information content (AvgIpc) is 2.97. The van der Waals surface area contributed by atoms with E-state index in [0.29, 0.717) is 33.5 Å². The number of ether oxygens (including phenoxy) is 1. The molecule has 1 atom stereocenters. The highest BCUT2D eigenvalue weighted by Gasteiger charge is 2.46. The Morgan fingerprint density at radius 2 is 1.85 bits per heavy atom. The number of hydrogen-bond donors (Lipinski definition) is 1. The third-order valence-electron chi connectivity index (χ3n) is 5.40. The largest absolute Gasteiger partial charge is 0.507 e. The Morgan fingerprint density at radius 1 is 1.15 bits per heavy atom. The molecule has 0 unspecified atom stereocenters. The quantitative estimate of drug-likeness (QED) is 0.333. The molecule has 2 aromatic rings. The van der Waals surface area contributed by atoms with Crippen LogP contribution in [0, 0.1) is 6.92 Å². The van der Waals surface area contributed by atoms with Crippen LogP contribution in [0.4, 0.5) is 0 Å². The summed E-state index contributed by atoms with van der Waals surface area (Å²) in [6, 6.07) is 9.22. The van der Waals surface area contributed by atoms with Crippen LogP contribution < -0.4 is 4.74 Å². The molecule has 1 fully saturated rings. The molecule has 6 nitrogen and oxygen atoms in total. The fourth-order valence-corrected chi connectivity index (χ4v) is 4.32. The zero-order chi connectivity index (χ0) is 24.4. The summed E-state index contributed by atoms with van der Waals surface area (Å²) in [6.07, 6.45) is -0.00258. The van der Waals surface area contributed by atoms with Crippen molar-refractivity contribution in [1.29, 1.82) is 0 Å². The zero-order valence-corrected chi connectivity index (χ0v) is 20.9. The van der Waals surface area contributed by atoms with E-state index in [1.54, 1.807) is 36.4 Å². The van der Waals surface area contributed by atoms with Gasteiger partial charge in [0, 0.05) is 28.7 Å². The van der Waals surface area contributed by atoms with Gasteiger partial charge in [0.15, 0.2) is 0 Å². The van der Waals surface area contributed by atoms with Crippen molar-refractivity contribution in [3.8, 4) is 5.75 Å². The van der Waals surface area contributed by atoms with E-state index in [1.807, 2.05) is 39.8 Å². The molecule has 1 aliphatic rings. The molecular weight excluding hydrogens is 463 g/mol. The van der Waals surface area contributed by atoms with Crippen molar-refractivity contribution in [1.82, 2.24) is 9.80 Å². The Labute approximate surface area is 204 Å². The number of likely N-dealkylation sites (tertiary alicyclic amines) is 1. The number of likely N-dealkylation sites (N-methyl/N-ethyl adjacent to an activating group) is 1. The summed E-state index contributed by atoms with van der Waals surface area (Å²) >= 11 is 12.5. The van der Waals surface area contributed by atoms with E-state index in [0.717, 1.165) is 5.56 Å². The number of Topliss-reactive ketones (excluding diaryl/α,β-unsaturated/α-hetero) is 1. The van der Waals surface area contributed by atoms with Crippen molar-refractivity contribution in [3.05, 3.63) is 68.7 Å². The lowest BCUT2D eigenvalue weighted by atomic mass is 9.94. The SMILES string of the molecule is Cc1cc(C(O)=C2C(=O)C(=O)N(CCN(C)C)[C@H]2c2ccc(Cl)cc2Cl)ccc1OC(C)C. The van der Waals surface area contributed by atoms with Crippen molar-refractivity contribution >= 4 is 40.7 Å². The van der Waals surface area contributed by atoms with Gasteiger partial charge in [-0.1, -0.05) is 29.3 Å². The number of carbonyl (C=O) groups is 2. The number of nitrogens with zero attached hydrogens (tertiary/aromatic N) is 2. The number of amides is 1. The van der Waals surface area contributed by atoms with Crippen LogP contribution in [0.5, 0.6) is 5.75 Å². The first-order valence-corrected chi connectivity index (χ1v) is 11.4. The minimum absolute atomic E-state index is 0.0000866. The zero-order valence-electron chi connectivity index (χ0n) is 19.4. The Bertz CT molecular complexity index is 1110. The molecule has 0 bridgehead atoms. The molecule has 0 aliphatic carbocycles. The summed E-state index contributed by atoms with van der Waals surface area (Å²) in [4.78, 5) is 29.5. The van der Waals surface area contributed by atoms with Crippen LogP contribution in [0.3, 0.4) is 0 Å². The highest BCUT2D eigenvalue weighted by Crippen LogP contribution is 2.42. The van der Waals surface area contributed by atoms with E-state index < -0.39 is 17.7 Å². The lowest BCUT2D eigenvalue weighted by Gasteiger charge is -2.27. The van der Waals surface area contributed by atoms with Gasteiger partial charge in [-0.2, -0.15) is 0 Å². The lowest BCUT2D eigenvalue weighted by molar-refractivity contribution is -0.140. The predicted octanol–water partition coefficient (Wildman–Crippen LogP) is 5.07. The van der Waals surface area contributed by atoms with Crippen LogP contribution in [0.15, 0.2) is 42.0 Å². The first-order chi connectivity index (χ1) is 15.5. The van der Waals surface area contributed by atoms with Crippen LogP contribution >= 0.6 is 23.2 Å². The predicted molar refractivity (Wildman–Crippen MR) is 131 cm³/mol. The van der Waals surface area contributed by atoms with Gasteiger partial charge < -0.3 is 19.6 Å². The number of aliphatic hydroxyl groups excluding tert-OH is 1. The molecule has 0 saturated carbocycles. The van der Waals surface area contributed by atoms with E-state index in [2.05, 4.69) is 0 Å². The standard InChI is InChI=1S/C25H28Cl2N2O4/c1-14(2)33-20-9-6-16(12-15(20)3)23(30)21-22(18-8-7-17(26)13-19(18)27)29(11-10-28(4)5)25(32)24(21)31/h6-9,12-14,22,30H,10-11H2,1-5H3/t22-/m0/s1. The summed E-state index contributed by atoms with van der Waals surface area (Å²) < 4.78 is 5.77. The molecule has 1 amide bonds. The number of aliphatic hydroxyl groups is 1. The van der Waals surface area contributed by atoms with Crippen LogP contribution in [0.1, 0.15) is 36.6 Å². The summed E-state index contributed by atoms with van der Waals surface area (Å²) in [7, 11) is 3.76. The Kier molecular flexibility index (Phi) is 7.73. The second-order valence-corrected chi connectivity index (χ2v) is 9.45. The van der Waals surface area contributed by atoms with Crippen LogP contribution in [0.2, 0.25) is 10.0 Å². The molecule has 1 heterocycles. The summed E-state index contributed by atoms with van der Waals surface area (Å²) in [5, 5.41) is 12.0. The Balaban J connectivity index is 2.15. The van der Waals surface area contributed by atoms with Gasteiger partial charge in [0.2, 0.25) is 0 Å². The van der Waals surface area contributed by atoms with Gasteiger partial charge in [0.05, 0.1) is 17.7 Å². The average molecular weight is 491 g/mol. The molecule has 33 heavy (non-hydrogen) atoms. The van der Waals surface area contributed by atoms with Gasteiger partial charge in [-0.3, -0.25) is 9.59 Å². The van der Waals surface area contributed by atoms with Gasteiger partial charge in [0.1, 0.15) is 11.5 Å². The number of benzene rings is 2. The van der Waals surface area contributed by atoms with E-state index in [4.69, 9.17) is 27.9 Å². The first-order valence-electron chi connectivity index (χ1n) is 10.7. The molecule has 1 aliphatic heterocycles. The van der Waals surface area contributed by atoms with Crippen LogP contribution in [-0.2, 0) is 9.59 Å². The maximum Gasteiger partial charge on any atom is 0.295 e. The minimum atomic E-state index is -0.832. The minimum Gasteiger partial charge on any atom is -0.507 e. The Morgan fingerprint density at radius 3 is 2.42 bits per heavy atom. The van der Waals surface area contributed by atoms with Crippen molar-refractivity contribution in [2.45, 2.75) is 32.9 Å². The molecule has 0 radical (unpaired) electrons. The number of halogens is 2. The normalized spacial score (nSPS) is 18.0. The maximum absolute atomic E-state index is 13.1. The fraction of sp³-hybridized carbons (Fsp3) is 0.360. The van der Waals surface area contributed by atoms with Gasteiger partial charge in [0.25, 0.3) is 11.7 Å². The van der Waals surface area contributed by atoms with E-state index in [9.17, 15) is 14.7 Å². The van der Waals surface area contributed by atoms with Crippen molar-refractivity contribution in [2.24, 2.45) is 0 Å². The summed E-state index contributed by atoms with van der Waals surface area (Å²) in [6.45, 7) is 6.54. The second kappa shape index (κ2) is 10.2. The van der Waals surface area contributed by atoms with Gasteiger partial charge >= 0.3 is 0 Å². The number of ketones is 1. The smallest absolute Gasteiger partial charge is 0.295 e. The molecule has 1 N–H and O–H groups in total. The highest BCUT2D eigenvalue weighted by atomic mass is 35.5. The topological polar surface area (TPSA) is 70.1 Å². The molecule has 1 saturated heterocycles. The van der Waals surface area contributed by atoms with Crippen molar-refractivity contribution < 1.29 is 19.4 Å². The van der Waals surface area contributed by atoms with Crippen LogP contribution in [-0.4, -0.2) is 59.9 Å². The molecule has 0 spiro atoms. The molecule has 0 aromatic heterocycles. The molecular formula is C25H28Cl2N2O4. The third-order valence-corrected chi connectivity index (χ3v) is 5.96. The Hall–Kier alpha value is -2.54. The number of hydrogen-bond acceptors (Lipinski definition) is 5. The monoisotopic (exact) mass is 490 g/mol. The number of aryl methyl sites for hydroxylation is 1. The van der Waals surface area contributed by atoms with Crippen molar-refractivity contribution in [3.63, 3.8) is 0 Å². The fourth-order valence-electron chi connectivity index (χ4n) is 3.80. The summed E-state index contributed by atoms with van der Waals surface area (Å²) in [5.41, 5.74) is 1.75. The van der Waals surface area contributed by atoms with E-state index >= 15 is 0 Å². The maximum atomic E-state index is 13.1. The van der Waals surface area contributed by atoms with Crippen molar-refractivity contribution in [2.75, 3.05) is 27.2 Å². The molecule has 3 rings (SSSR count). The number of rotatable bonds is 7. The van der Waals surface area contributed by atoms with E-state index in [1.165, 1.54) is 4.90 Å². The highest BCUT2D eigenvalue weighted by molar-refractivity contribution is 6.47. The van der Waals surface area contributed by atoms with Gasteiger partial charge in [-0.25, -0.2) is 0 Å². The van der Waals surface area contributed by atoms with E-state index in [-0.39, 0.29) is 24.0 Å². The number of carbonyl (C=O) groups excluding carboxylic acids is 2. The van der Waals surface area contributed by atoms with Gasteiger partial charge in [-0.05, 0) is 76.3 Å². The van der Waals surface area contributed by atoms with Gasteiger partial charge in [-0.15, -0.1) is 0 Å². The first kappa shape index (κ1) is 25.1. The second-order valence-electron chi connectivity index (χ2n) is 8.61.